The van der Waals surface area contributed by atoms with Crippen LogP contribution in [0.2, 0.25) is 0 Å². The summed E-state index contributed by atoms with van der Waals surface area (Å²) < 4.78 is 0. The number of nitrogens with two attached hydrogens (primary N) is 1. The molecule has 1 aliphatic heterocycles. The number of primary amides is 1. The van der Waals surface area contributed by atoms with Gasteiger partial charge in [-0.1, -0.05) is 24.3 Å². The van der Waals surface area contributed by atoms with Crippen LogP contribution >= 0.6 is 0 Å². The number of benzene rings is 2. The summed E-state index contributed by atoms with van der Waals surface area (Å²) in [6.45, 7) is 6.80. The number of anilines is 2. The molecule has 1 fully saturated rings. The van der Waals surface area contributed by atoms with Gasteiger partial charge in [-0.15, -0.1) is 0 Å². The highest BCUT2D eigenvalue weighted by atomic mass is 16.3. The van der Waals surface area contributed by atoms with Crippen LogP contribution in [-0.2, 0) is 0 Å². The smallest absolute Gasteiger partial charge is 0.254 e. The highest BCUT2D eigenvalue weighted by molar-refractivity contribution is 6.01. The summed E-state index contributed by atoms with van der Waals surface area (Å²) in [7, 11) is 0. The molecule has 1 aliphatic rings. The maximum absolute atomic E-state index is 11.6. The van der Waals surface area contributed by atoms with E-state index < -0.39 is 5.91 Å². The third kappa shape index (κ3) is 4.08. The van der Waals surface area contributed by atoms with Crippen LogP contribution in [0.15, 0.2) is 48.5 Å². The highest BCUT2D eigenvalue weighted by Crippen LogP contribution is 2.25. The Hall–Kier alpha value is -2.73. The quantitative estimate of drug-likeness (QED) is 0.740. The van der Waals surface area contributed by atoms with Crippen molar-refractivity contribution in [2.75, 3.05) is 42.9 Å². The number of amides is 1. The van der Waals surface area contributed by atoms with Crippen molar-refractivity contribution < 1.29 is 9.90 Å². The van der Waals surface area contributed by atoms with E-state index in [2.05, 4.69) is 46.3 Å². The van der Waals surface area contributed by atoms with E-state index in [4.69, 9.17) is 5.73 Å². The molecule has 1 heterocycles. The number of rotatable bonds is 6. The molecule has 138 valence electrons. The molecule has 1 saturated heterocycles. The fourth-order valence-corrected chi connectivity index (χ4v) is 3.39. The zero-order valence-electron chi connectivity index (χ0n) is 15.1. The van der Waals surface area contributed by atoms with Crippen molar-refractivity contribution in [1.29, 1.82) is 0 Å². The summed E-state index contributed by atoms with van der Waals surface area (Å²) in [5.74, 6) is -0.721. The standard InChI is InChI=1S/C20H26N4O2/c1-15(14-22-17-8-5-9-18(25)19(17)20(21)26)23-10-12-24(13-11-23)16-6-3-2-4-7-16/h2-9,15,22,25H,10-14H2,1H3,(H2,21,26). The van der Waals surface area contributed by atoms with Gasteiger partial charge in [0.15, 0.2) is 0 Å². The topological polar surface area (TPSA) is 81.8 Å². The molecule has 0 radical (unpaired) electrons. The molecule has 1 atom stereocenters. The summed E-state index contributed by atoms with van der Waals surface area (Å²) in [5, 5.41) is 13.1. The predicted molar refractivity (Wildman–Crippen MR) is 105 cm³/mol. The molecule has 6 heteroatoms. The van der Waals surface area contributed by atoms with E-state index in [0.29, 0.717) is 18.3 Å². The van der Waals surface area contributed by atoms with Gasteiger partial charge in [0.1, 0.15) is 11.3 Å². The molecule has 0 aromatic heterocycles. The first kappa shape index (κ1) is 18.1. The summed E-state index contributed by atoms with van der Waals surface area (Å²) >= 11 is 0. The van der Waals surface area contributed by atoms with Crippen molar-refractivity contribution in [1.82, 2.24) is 4.90 Å². The summed E-state index contributed by atoms with van der Waals surface area (Å²) in [5.41, 5.74) is 7.37. The first-order valence-corrected chi connectivity index (χ1v) is 8.96. The van der Waals surface area contributed by atoms with Crippen LogP contribution in [0.4, 0.5) is 11.4 Å². The lowest BCUT2D eigenvalue weighted by molar-refractivity contribution is 0.0998. The molecule has 2 aromatic rings. The highest BCUT2D eigenvalue weighted by Gasteiger charge is 2.22. The molecule has 0 spiro atoms. The number of carbonyl (C=O) groups excluding carboxylic acids is 1. The molecular formula is C20H26N4O2. The molecular weight excluding hydrogens is 328 g/mol. The lowest BCUT2D eigenvalue weighted by Gasteiger charge is -2.39. The van der Waals surface area contributed by atoms with Crippen molar-refractivity contribution >= 4 is 17.3 Å². The van der Waals surface area contributed by atoms with Gasteiger partial charge in [0, 0.05) is 44.5 Å². The van der Waals surface area contributed by atoms with Crippen molar-refractivity contribution in [2.45, 2.75) is 13.0 Å². The van der Waals surface area contributed by atoms with Crippen molar-refractivity contribution in [3.8, 4) is 5.75 Å². The zero-order chi connectivity index (χ0) is 18.5. The van der Waals surface area contributed by atoms with E-state index >= 15 is 0 Å². The Balaban J connectivity index is 1.55. The average Bonchev–Trinajstić information content (AvgIpc) is 2.66. The molecule has 3 rings (SSSR count). The Bertz CT molecular complexity index is 743. The minimum Gasteiger partial charge on any atom is -0.507 e. The predicted octanol–water partition coefficient (Wildman–Crippen LogP) is 2.11. The molecule has 0 aliphatic carbocycles. The van der Waals surface area contributed by atoms with Crippen LogP contribution in [0.3, 0.4) is 0 Å². The van der Waals surface area contributed by atoms with Gasteiger partial charge in [-0.3, -0.25) is 9.69 Å². The van der Waals surface area contributed by atoms with Crippen LogP contribution in [0.1, 0.15) is 17.3 Å². The minimum absolute atomic E-state index is 0.0911. The second-order valence-electron chi connectivity index (χ2n) is 6.65. The minimum atomic E-state index is -0.630. The van der Waals surface area contributed by atoms with Gasteiger partial charge in [0.05, 0.1) is 5.69 Å². The van der Waals surface area contributed by atoms with Gasteiger partial charge < -0.3 is 21.1 Å². The summed E-state index contributed by atoms with van der Waals surface area (Å²) in [6.07, 6.45) is 0. The maximum atomic E-state index is 11.6. The lowest BCUT2D eigenvalue weighted by atomic mass is 10.1. The fourth-order valence-electron chi connectivity index (χ4n) is 3.39. The molecule has 0 bridgehead atoms. The van der Waals surface area contributed by atoms with Crippen molar-refractivity contribution in [3.05, 3.63) is 54.1 Å². The zero-order valence-corrected chi connectivity index (χ0v) is 15.1. The van der Waals surface area contributed by atoms with Gasteiger partial charge >= 0.3 is 0 Å². The van der Waals surface area contributed by atoms with E-state index in [1.807, 2.05) is 6.07 Å². The molecule has 4 N–H and O–H groups in total. The third-order valence-corrected chi connectivity index (χ3v) is 4.94. The van der Waals surface area contributed by atoms with Crippen LogP contribution < -0.4 is 16.0 Å². The number of hydrogen-bond acceptors (Lipinski definition) is 5. The van der Waals surface area contributed by atoms with Gasteiger partial charge in [0.2, 0.25) is 0 Å². The number of hydrogen-bond donors (Lipinski definition) is 3. The van der Waals surface area contributed by atoms with Gasteiger partial charge in [-0.05, 0) is 31.2 Å². The second kappa shape index (κ2) is 8.10. The van der Waals surface area contributed by atoms with Gasteiger partial charge in [-0.25, -0.2) is 0 Å². The van der Waals surface area contributed by atoms with E-state index in [1.54, 1.807) is 12.1 Å². The number of phenols is 1. The van der Waals surface area contributed by atoms with Gasteiger partial charge in [-0.2, -0.15) is 0 Å². The molecule has 2 aromatic carbocycles. The third-order valence-electron chi connectivity index (χ3n) is 4.94. The summed E-state index contributed by atoms with van der Waals surface area (Å²) in [6, 6.07) is 15.7. The molecule has 26 heavy (non-hydrogen) atoms. The summed E-state index contributed by atoms with van der Waals surface area (Å²) in [4.78, 5) is 16.4. The van der Waals surface area contributed by atoms with Crippen LogP contribution in [0.25, 0.3) is 0 Å². The fraction of sp³-hybridized carbons (Fsp3) is 0.350. The normalized spacial score (nSPS) is 16.3. The number of aromatic hydroxyl groups is 1. The number of carbonyl (C=O) groups is 1. The van der Waals surface area contributed by atoms with Crippen LogP contribution in [0.5, 0.6) is 5.75 Å². The van der Waals surface area contributed by atoms with Crippen LogP contribution in [0, 0.1) is 0 Å². The first-order valence-electron chi connectivity index (χ1n) is 8.96. The van der Waals surface area contributed by atoms with Gasteiger partial charge in [0.25, 0.3) is 5.91 Å². The van der Waals surface area contributed by atoms with Crippen molar-refractivity contribution in [3.63, 3.8) is 0 Å². The number of nitrogens with one attached hydrogen (secondary N) is 1. The Morgan fingerprint density at radius 2 is 1.81 bits per heavy atom. The Labute approximate surface area is 154 Å². The van der Waals surface area contributed by atoms with Crippen LogP contribution in [-0.4, -0.2) is 54.7 Å². The van der Waals surface area contributed by atoms with Crippen molar-refractivity contribution in [2.24, 2.45) is 5.73 Å². The lowest BCUT2D eigenvalue weighted by Crippen LogP contribution is -2.51. The van der Waals surface area contributed by atoms with E-state index in [-0.39, 0.29) is 11.3 Å². The SMILES string of the molecule is CC(CNc1cccc(O)c1C(N)=O)N1CCN(c2ccccc2)CC1. The Morgan fingerprint density at radius 1 is 1.12 bits per heavy atom. The Morgan fingerprint density at radius 3 is 2.46 bits per heavy atom. The molecule has 6 nitrogen and oxygen atoms in total. The van der Waals surface area contributed by atoms with E-state index in [9.17, 15) is 9.90 Å². The largest absolute Gasteiger partial charge is 0.507 e. The first-order chi connectivity index (χ1) is 12.6. The maximum Gasteiger partial charge on any atom is 0.254 e. The van der Waals surface area contributed by atoms with E-state index in [1.165, 1.54) is 11.8 Å². The number of para-hydroxylation sites is 1. The molecule has 0 saturated carbocycles. The monoisotopic (exact) mass is 354 g/mol. The molecule has 1 amide bonds. The average molecular weight is 354 g/mol. The Kier molecular flexibility index (Phi) is 5.63. The molecule has 1 unspecified atom stereocenters. The number of piperazine rings is 1. The second-order valence-corrected chi connectivity index (χ2v) is 6.65. The van der Waals surface area contributed by atoms with E-state index in [0.717, 1.165) is 26.2 Å². The number of nitrogens with zero attached hydrogens (tertiary/aromatic N) is 2.